The monoisotopic (exact) mass is 463 g/mol. The summed E-state index contributed by atoms with van der Waals surface area (Å²) in [5, 5.41) is 5.40. The minimum Gasteiger partial charge on any atom is -0.490 e. The quantitative estimate of drug-likeness (QED) is 0.601. The molecule has 1 aliphatic rings. The van der Waals surface area contributed by atoms with Crippen molar-refractivity contribution in [2.24, 2.45) is 0 Å². The highest BCUT2D eigenvalue weighted by atomic mass is 19.3. The molecule has 33 heavy (non-hydrogen) atoms. The Balaban J connectivity index is 1.82. The predicted octanol–water partition coefficient (Wildman–Crippen LogP) is 3.33. The summed E-state index contributed by atoms with van der Waals surface area (Å²) in [5.41, 5.74) is -0.658. The zero-order chi connectivity index (χ0) is 23.7. The zero-order valence-electron chi connectivity index (χ0n) is 18.4. The van der Waals surface area contributed by atoms with Crippen LogP contribution in [0, 0.1) is 12.7 Å². The highest BCUT2D eigenvalue weighted by Gasteiger charge is 2.23. The van der Waals surface area contributed by atoms with Crippen LogP contribution >= 0.6 is 0 Å². The average Bonchev–Trinajstić information content (AvgIpc) is 2.79. The van der Waals surface area contributed by atoms with Crippen LogP contribution in [0.5, 0.6) is 5.75 Å². The summed E-state index contributed by atoms with van der Waals surface area (Å²) < 4.78 is 53.2. The molecule has 1 fully saturated rings. The van der Waals surface area contributed by atoms with Crippen LogP contribution in [0.4, 0.5) is 19.0 Å². The molecule has 0 amide bonds. The first-order chi connectivity index (χ1) is 15.8. The van der Waals surface area contributed by atoms with Gasteiger partial charge >= 0.3 is 5.56 Å². The fraction of sp³-hybridized carbons (Fsp3) is 0.409. The number of anilines is 1. The largest absolute Gasteiger partial charge is 0.490 e. The maximum Gasteiger partial charge on any atom is 0.313 e. The number of halogens is 3. The van der Waals surface area contributed by atoms with Gasteiger partial charge in [-0.05, 0) is 13.8 Å². The number of nitrogens with one attached hydrogen (secondary N) is 1. The molecule has 0 aliphatic carbocycles. The summed E-state index contributed by atoms with van der Waals surface area (Å²) >= 11 is 0. The molecule has 3 heterocycles. The number of nitrogens with zero attached hydrogens (tertiary/aromatic N) is 4. The highest BCUT2D eigenvalue weighted by Crippen LogP contribution is 2.31. The van der Waals surface area contributed by atoms with Gasteiger partial charge in [-0.2, -0.15) is 0 Å². The molecule has 4 rings (SSSR count). The van der Waals surface area contributed by atoms with E-state index < -0.39 is 23.8 Å². The van der Waals surface area contributed by atoms with Gasteiger partial charge in [0.05, 0.1) is 50.4 Å². The lowest BCUT2D eigenvalue weighted by Crippen LogP contribution is -2.48. The van der Waals surface area contributed by atoms with Gasteiger partial charge in [-0.1, -0.05) is 18.2 Å². The van der Waals surface area contributed by atoms with Crippen molar-refractivity contribution in [2.45, 2.75) is 26.3 Å². The average molecular weight is 463 g/mol. The van der Waals surface area contributed by atoms with E-state index in [-0.39, 0.29) is 16.9 Å². The second-order valence-corrected chi connectivity index (χ2v) is 7.68. The smallest absolute Gasteiger partial charge is 0.313 e. The lowest BCUT2D eigenvalue weighted by Gasteiger charge is -2.30. The van der Waals surface area contributed by atoms with Crippen LogP contribution in [0.3, 0.4) is 0 Å². The Labute approximate surface area is 187 Å². The first-order valence-corrected chi connectivity index (χ1v) is 10.5. The van der Waals surface area contributed by atoms with E-state index >= 15 is 0 Å². The number of fused-ring (bicyclic) bond motifs is 1. The second-order valence-electron chi connectivity index (χ2n) is 7.68. The number of aryl methyl sites for hydroxylation is 1. The van der Waals surface area contributed by atoms with E-state index in [1.54, 1.807) is 20.0 Å². The number of hydrogen-bond acceptors (Lipinski definition) is 7. The number of ether oxygens (including phenoxy) is 2. The van der Waals surface area contributed by atoms with Crippen LogP contribution in [0.1, 0.15) is 36.3 Å². The molecule has 1 N–H and O–H groups in total. The Bertz CT molecular complexity index is 1230. The molecule has 1 atom stereocenters. The molecule has 0 radical (unpaired) electrons. The molecule has 11 heteroatoms. The Morgan fingerprint density at radius 3 is 2.55 bits per heavy atom. The zero-order valence-corrected chi connectivity index (χ0v) is 18.4. The van der Waals surface area contributed by atoms with Crippen molar-refractivity contribution in [3.63, 3.8) is 0 Å². The van der Waals surface area contributed by atoms with E-state index in [2.05, 4.69) is 15.3 Å². The lowest BCUT2D eigenvalue weighted by atomic mass is 10.0. The Hall–Kier alpha value is -3.34. The fourth-order valence-corrected chi connectivity index (χ4v) is 3.89. The molecular weight excluding hydrogens is 439 g/mol. The van der Waals surface area contributed by atoms with Crippen LogP contribution in [-0.4, -0.2) is 48.1 Å². The van der Waals surface area contributed by atoms with E-state index in [1.807, 2.05) is 5.01 Å². The number of aromatic nitrogens is 3. The molecular formula is C22H24F3N5O3. The normalized spacial score (nSPS) is 15.2. The third kappa shape index (κ3) is 4.32. The topological polar surface area (TPSA) is 81.5 Å². The Kier molecular flexibility index (Phi) is 6.41. The molecule has 2 aromatic heterocycles. The van der Waals surface area contributed by atoms with Crippen molar-refractivity contribution in [3.05, 3.63) is 57.5 Å². The second kappa shape index (κ2) is 9.26. The Morgan fingerprint density at radius 1 is 1.18 bits per heavy atom. The summed E-state index contributed by atoms with van der Waals surface area (Å²) in [6.45, 7) is 5.25. The van der Waals surface area contributed by atoms with E-state index in [0.29, 0.717) is 48.8 Å². The van der Waals surface area contributed by atoms with Crippen molar-refractivity contribution in [2.75, 3.05) is 43.7 Å². The van der Waals surface area contributed by atoms with E-state index in [4.69, 9.17) is 9.47 Å². The van der Waals surface area contributed by atoms with Gasteiger partial charge in [-0.3, -0.25) is 4.79 Å². The minimum atomic E-state index is -2.92. The van der Waals surface area contributed by atoms with Gasteiger partial charge in [-0.25, -0.2) is 27.8 Å². The molecule has 1 aliphatic heterocycles. The first-order valence-electron chi connectivity index (χ1n) is 10.5. The molecule has 8 nitrogen and oxygen atoms in total. The molecule has 3 aromatic rings. The summed E-state index contributed by atoms with van der Waals surface area (Å²) in [6, 6.07) is 3.20. The first kappa shape index (κ1) is 22.8. The highest BCUT2D eigenvalue weighted by molar-refractivity contribution is 5.92. The number of benzene rings is 1. The van der Waals surface area contributed by atoms with Crippen LogP contribution in [0.2, 0.25) is 0 Å². The molecule has 1 aromatic carbocycles. The van der Waals surface area contributed by atoms with E-state index in [1.165, 1.54) is 23.9 Å². The van der Waals surface area contributed by atoms with Crippen molar-refractivity contribution in [1.82, 2.24) is 14.6 Å². The number of alkyl halides is 2. The molecule has 0 bridgehead atoms. The van der Waals surface area contributed by atoms with Crippen LogP contribution in [0.25, 0.3) is 10.9 Å². The number of hydrogen-bond donors (Lipinski definition) is 1. The van der Waals surface area contributed by atoms with Gasteiger partial charge in [0.2, 0.25) is 5.75 Å². The van der Waals surface area contributed by atoms with Gasteiger partial charge in [0.15, 0.2) is 0 Å². The van der Waals surface area contributed by atoms with Gasteiger partial charge < -0.3 is 19.8 Å². The van der Waals surface area contributed by atoms with E-state index in [0.717, 1.165) is 6.07 Å². The van der Waals surface area contributed by atoms with Crippen molar-refractivity contribution in [3.8, 4) is 5.75 Å². The lowest BCUT2D eigenvalue weighted by molar-refractivity contribution is 0.110. The summed E-state index contributed by atoms with van der Waals surface area (Å²) in [4.78, 5) is 21.9. The molecule has 0 unspecified atom stereocenters. The Morgan fingerprint density at radius 2 is 1.88 bits per heavy atom. The van der Waals surface area contributed by atoms with Crippen molar-refractivity contribution >= 4 is 16.7 Å². The van der Waals surface area contributed by atoms with Gasteiger partial charge in [0.25, 0.3) is 6.43 Å². The van der Waals surface area contributed by atoms with Crippen LogP contribution < -0.4 is 20.6 Å². The fourth-order valence-electron chi connectivity index (χ4n) is 3.89. The molecule has 1 saturated heterocycles. The van der Waals surface area contributed by atoms with Gasteiger partial charge in [0.1, 0.15) is 23.0 Å². The summed E-state index contributed by atoms with van der Waals surface area (Å²) in [5.74, 6) is -0.232. The molecule has 0 saturated carbocycles. The van der Waals surface area contributed by atoms with Crippen LogP contribution in [0.15, 0.2) is 29.2 Å². The minimum absolute atomic E-state index is 0.0473. The maximum atomic E-state index is 14.7. The van der Waals surface area contributed by atoms with Gasteiger partial charge in [-0.15, -0.1) is 0 Å². The SMILES string of the molecule is COc1c(=O)n(N2CCOCC2)cc2c(N[C@H](C)c3cccc(C(F)F)c3F)nc(C)nc12. The number of pyridine rings is 1. The maximum absolute atomic E-state index is 14.7. The molecule has 0 spiro atoms. The third-order valence-corrected chi connectivity index (χ3v) is 5.54. The van der Waals surface area contributed by atoms with Crippen molar-refractivity contribution in [1.29, 1.82) is 0 Å². The summed E-state index contributed by atoms with van der Waals surface area (Å²) in [6.07, 6.45) is -1.32. The van der Waals surface area contributed by atoms with Gasteiger partial charge in [0, 0.05) is 11.8 Å². The standard InChI is InChI=1S/C22H24F3N5O3/c1-12(14-5-4-6-15(17(14)23)20(24)25)26-21-16-11-30(29-7-9-33-10-8-29)22(31)19(32-3)18(16)27-13(2)28-21/h4-6,11-12,20H,7-10H2,1-3H3,(H,26,27,28)/t12-/m1/s1. The number of rotatable bonds is 6. The van der Waals surface area contributed by atoms with Crippen molar-refractivity contribution < 1.29 is 22.6 Å². The molecule has 176 valence electrons. The third-order valence-electron chi connectivity index (χ3n) is 5.54. The number of morpholine rings is 1. The summed E-state index contributed by atoms with van der Waals surface area (Å²) in [7, 11) is 1.39. The van der Waals surface area contributed by atoms with E-state index in [9.17, 15) is 18.0 Å². The van der Waals surface area contributed by atoms with Crippen LogP contribution in [-0.2, 0) is 4.74 Å². The predicted molar refractivity (Wildman–Crippen MR) is 117 cm³/mol. The number of methoxy groups -OCH3 is 1.